The molecule has 5 heteroatoms. The van der Waals surface area contributed by atoms with Gasteiger partial charge in [-0.15, -0.1) is 0 Å². The van der Waals surface area contributed by atoms with Crippen molar-refractivity contribution in [3.63, 3.8) is 0 Å². The number of rotatable bonds is 5. The molecular formula is C19H29N3O2. The maximum Gasteiger partial charge on any atom is 0.315 e. The summed E-state index contributed by atoms with van der Waals surface area (Å²) >= 11 is 0. The minimum Gasteiger partial charge on any atom is -0.390 e. The van der Waals surface area contributed by atoms with E-state index in [2.05, 4.69) is 22.5 Å². The highest BCUT2D eigenvalue weighted by atomic mass is 16.3. The Morgan fingerprint density at radius 3 is 2.83 bits per heavy atom. The Kier molecular flexibility index (Phi) is 5.74. The molecule has 0 aromatic heterocycles. The Morgan fingerprint density at radius 2 is 2.04 bits per heavy atom. The van der Waals surface area contributed by atoms with Gasteiger partial charge in [0.15, 0.2) is 0 Å². The van der Waals surface area contributed by atoms with Crippen LogP contribution in [0.15, 0.2) is 24.3 Å². The summed E-state index contributed by atoms with van der Waals surface area (Å²) in [6.07, 6.45) is 3.60. The van der Waals surface area contributed by atoms with Gasteiger partial charge in [-0.05, 0) is 55.9 Å². The number of urea groups is 1. The zero-order valence-electron chi connectivity index (χ0n) is 14.5. The molecule has 1 fully saturated rings. The molecule has 0 saturated carbocycles. The molecule has 5 nitrogen and oxygen atoms in total. The number of hydrogen-bond donors (Lipinski definition) is 3. The topological polar surface area (TPSA) is 64.6 Å². The lowest BCUT2D eigenvalue weighted by Crippen LogP contribution is -2.42. The van der Waals surface area contributed by atoms with E-state index in [0.29, 0.717) is 13.0 Å². The normalized spacial score (nSPS) is 24.6. The molecule has 0 radical (unpaired) electrons. The van der Waals surface area contributed by atoms with E-state index in [1.165, 1.54) is 25.9 Å². The number of nitrogens with zero attached hydrogens (tertiary/aromatic N) is 1. The highest BCUT2D eigenvalue weighted by Gasteiger charge is 2.31. The molecule has 1 heterocycles. The quantitative estimate of drug-likeness (QED) is 0.724. The minimum absolute atomic E-state index is 0.192. The fraction of sp³-hybridized carbons (Fsp3) is 0.632. The maximum absolute atomic E-state index is 12.1. The molecule has 2 amide bonds. The SMILES string of the molecule is CC1CCN(CCCNC(=O)N[C@@H]2c3ccccc3C[C@@H]2O)CC1. The molecule has 0 unspecified atom stereocenters. The zero-order valence-corrected chi connectivity index (χ0v) is 14.5. The lowest BCUT2D eigenvalue weighted by atomic mass is 9.99. The van der Waals surface area contributed by atoms with Crippen molar-refractivity contribution in [3.05, 3.63) is 35.4 Å². The van der Waals surface area contributed by atoms with Gasteiger partial charge in [0, 0.05) is 13.0 Å². The molecule has 3 rings (SSSR count). The van der Waals surface area contributed by atoms with Crippen LogP contribution in [0.3, 0.4) is 0 Å². The van der Waals surface area contributed by atoms with Gasteiger partial charge in [0.25, 0.3) is 0 Å². The summed E-state index contributed by atoms with van der Waals surface area (Å²) in [6, 6.07) is 7.41. The second kappa shape index (κ2) is 7.99. The second-order valence-corrected chi connectivity index (χ2v) is 7.23. The van der Waals surface area contributed by atoms with Gasteiger partial charge >= 0.3 is 6.03 Å². The number of fused-ring (bicyclic) bond motifs is 1. The van der Waals surface area contributed by atoms with Gasteiger partial charge in [0.1, 0.15) is 0 Å². The van der Waals surface area contributed by atoms with Crippen molar-refractivity contribution >= 4 is 6.03 Å². The number of likely N-dealkylation sites (tertiary alicyclic amines) is 1. The first-order chi connectivity index (χ1) is 11.6. The monoisotopic (exact) mass is 331 g/mol. The number of carbonyl (C=O) groups excluding carboxylic acids is 1. The van der Waals surface area contributed by atoms with E-state index < -0.39 is 6.10 Å². The van der Waals surface area contributed by atoms with Crippen molar-refractivity contribution in [2.75, 3.05) is 26.2 Å². The number of nitrogens with one attached hydrogen (secondary N) is 2. The summed E-state index contributed by atoms with van der Waals surface area (Å²) in [5, 5.41) is 16.0. The molecule has 1 aromatic rings. The first kappa shape index (κ1) is 17.2. The van der Waals surface area contributed by atoms with Crippen molar-refractivity contribution in [3.8, 4) is 0 Å². The molecule has 3 N–H and O–H groups in total. The summed E-state index contributed by atoms with van der Waals surface area (Å²) in [5.41, 5.74) is 2.15. The van der Waals surface area contributed by atoms with Gasteiger partial charge in [-0.1, -0.05) is 31.2 Å². The molecule has 0 spiro atoms. The molecule has 132 valence electrons. The van der Waals surface area contributed by atoms with E-state index in [-0.39, 0.29) is 12.1 Å². The maximum atomic E-state index is 12.1. The van der Waals surface area contributed by atoms with Crippen LogP contribution in [0.4, 0.5) is 4.79 Å². The van der Waals surface area contributed by atoms with E-state index >= 15 is 0 Å². The van der Waals surface area contributed by atoms with Crippen molar-refractivity contribution in [1.82, 2.24) is 15.5 Å². The third-order valence-corrected chi connectivity index (χ3v) is 5.30. The largest absolute Gasteiger partial charge is 0.390 e. The lowest BCUT2D eigenvalue weighted by Gasteiger charge is -2.30. The molecule has 1 aromatic carbocycles. The third-order valence-electron chi connectivity index (χ3n) is 5.30. The number of aliphatic hydroxyl groups excluding tert-OH is 1. The average Bonchev–Trinajstić information content (AvgIpc) is 2.89. The van der Waals surface area contributed by atoms with Gasteiger partial charge in [0.05, 0.1) is 12.1 Å². The highest BCUT2D eigenvalue weighted by molar-refractivity contribution is 5.74. The molecule has 0 bridgehead atoms. The number of benzene rings is 1. The Balaban J connectivity index is 1.37. The Hall–Kier alpha value is -1.59. The molecule has 24 heavy (non-hydrogen) atoms. The number of aliphatic hydroxyl groups is 1. The highest BCUT2D eigenvalue weighted by Crippen LogP contribution is 2.30. The van der Waals surface area contributed by atoms with Crippen molar-refractivity contribution in [1.29, 1.82) is 0 Å². The van der Waals surface area contributed by atoms with Crippen LogP contribution in [0.5, 0.6) is 0 Å². The van der Waals surface area contributed by atoms with Gasteiger partial charge < -0.3 is 20.6 Å². The van der Waals surface area contributed by atoms with Crippen LogP contribution < -0.4 is 10.6 Å². The van der Waals surface area contributed by atoms with E-state index in [9.17, 15) is 9.90 Å². The molecule has 2 atom stereocenters. The van der Waals surface area contributed by atoms with Crippen molar-refractivity contribution < 1.29 is 9.90 Å². The summed E-state index contributed by atoms with van der Waals surface area (Å²) in [7, 11) is 0. The minimum atomic E-state index is -0.538. The van der Waals surface area contributed by atoms with E-state index in [1.807, 2.05) is 24.3 Å². The second-order valence-electron chi connectivity index (χ2n) is 7.23. The van der Waals surface area contributed by atoms with Crippen LogP contribution in [-0.2, 0) is 6.42 Å². The fourth-order valence-corrected chi connectivity index (χ4v) is 3.73. The third kappa shape index (κ3) is 4.28. The van der Waals surface area contributed by atoms with Crippen LogP contribution in [0, 0.1) is 5.92 Å². The van der Waals surface area contributed by atoms with E-state index in [0.717, 1.165) is 30.0 Å². The Bertz CT molecular complexity index is 555. The lowest BCUT2D eigenvalue weighted by molar-refractivity contribution is 0.142. The van der Waals surface area contributed by atoms with E-state index in [1.54, 1.807) is 0 Å². The van der Waals surface area contributed by atoms with Crippen LogP contribution in [0.2, 0.25) is 0 Å². The smallest absolute Gasteiger partial charge is 0.315 e. The van der Waals surface area contributed by atoms with Gasteiger partial charge in [-0.2, -0.15) is 0 Å². The number of hydrogen-bond acceptors (Lipinski definition) is 3. The van der Waals surface area contributed by atoms with Crippen LogP contribution >= 0.6 is 0 Å². The molecule has 1 aliphatic carbocycles. The average molecular weight is 331 g/mol. The van der Waals surface area contributed by atoms with Crippen LogP contribution in [0.1, 0.15) is 43.4 Å². The summed E-state index contributed by atoms with van der Waals surface area (Å²) < 4.78 is 0. The van der Waals surface area contributed by atoms with Crippen molar-refractivity contribution in [2.24, 2.45) is 5.92 Å². The molecule has 2 aliphatic rings. The summed E-state index contributed by atoms with van der Waals surface area (Å²) in [6.45, 7) is 6.39. The number of piperidine rings is 1. The number of carbonyl (C=O) groups is 1. The van der Waals surface area contributed by atoms with Crippen molar-refractivity contribution in [2.45, 2.75) is 44.8 Å². The standard InChI is InChI=1S/C19H29N3O2/c1-14-7-11-22(12-8-14)10-4-9-20-19(24)21-18-16-6-3-2-5-15(16)13-17(18)23/h2-3,5-6,14,17-18,23H,4,7-13H2,1H3,(H2,20,21,24)/t17-,18+/m0/s1. The van der Waals surface area contributed by atoms with Crippen LogP contribution in [-0.4, -0.2) is 48.3 Å². The summed E-state index contributed by atoms with van der Waals surface area (Å²) in [5.74, 6) is 0.853. The molecular weight excluding hydrogens is 302 g/mol. The molecule has 1 aliphatic heterocycles. The molecule has 1 saturated heterocycles. The fourth-order valence-electron chi connectivity index (χ4n) is 3.73. The predicted octanol–water partition coefficient (Wildman–Crippen LogP) is 2.07. The summed E-state index contributed by atoms with van der Waals surface area (Å²) in [4.78, 5) is 14.6. The van der Waals surface area contributed by atoms with E-state index in [4.69, 9.17) is 0 Å². The van der Waals surface area contributed by atoms with Gasteiger partial charge in [-0.3, -0.25) is 0 Å². The van der Waals surface area contributed by atoms with Gasteiger partial charge in [0.2, 0.25) is 0 Å². The Morgan fingerprint density at radius 1 is 1.29 bits per heavy atom. The first-order valence-electron chi connectivity index (χ1n) is 9.16. The van der Waals surface area contributed by atoms with Crippen LogP contribution in [0.25, 0.3) is 0 Å². The number of amides is 2. The van der Waals surface area contributed by atoms with Gasteiger partial charge in [-0.25, -0.2) is 4.79 Å². The zero-order chi connectivity index (χ0) is 16.9. The predicted molar refractivity (Wildman–Crippen MR) is 94.9 cm³/mol. The Labute approximate surface area is 144 Å². The first-order valence-corrected chi connectivity index (χ1v) is 9.16.